The number of rotatable bonds is 14. The Labute approximate surface area is 226 Å². The van der Waals surface area contributed by atoms with Crippen LogP contribution in [0.1, 0.15) is 57.1 Å². The molecular formula is C28H39N3O6S. The van der Waals surface area contributed by atoms with Crippen molar-refractivity contribution in [2.24, 2.45) is 0 Å². The van der Waals surface area contributed by atoms with Crippen molar-refractivity contribution in [2.75, 3.05) is 30.4 Å². The van der Waals surface area contributed by atoms with Crippen LogP contribution in [0.25, 0.3) is 0 Å². The highest BCUT2D eigenvalue weighted by Crippen LogP contribution is 2.36. The minimum absolute atomic E-state index is 0.0908. The fourth-order valence-electron chi connectivity index (χ4n) is 4.48. The number of carbonyl (C=O) groups excluding carboxylic acids is 2. The SMILES string of the molecule is CCCCNC(=O)[C@@H](CC)N(Cc1cccc(C)c1)C(=O)CCCN(c1ccc2c(c1)OCO2)S(C)(=O)=O. The predicted octanol–water partition coefficient (Wildman–Crippen LogP) is 3.99. The Morgan fingerprint density at radius 3 is 2.50 bits per heavy atom. The largest absolute Gasteiger partial charge is 0.454 e. The number of benzene rings is 2. The highest BCUT2D eigenvalue weighted by atomic mass is 32.2. The van der Waals surface area contributed by atoms with Gasteiger partial charge in [-0.3, -0.25) is 13.9 Å². The number of unbranched alkanes of at least 4 members (excludes halogenated alkanes) is 1. The zero-order valence-electron chi connectivity index (χ0n) is 22.7. The van der Waals surface area contributed by atoms with Crippen molar-refractivity contribution in [1.29, 1.82) is 0 Å². The topological polar surface area (TPSA) is 105 Å². The standard InChI is InChI=1S/C28H39N3O6S/c1-5-7-15-29-28(33)24(6-2)30(19-22-11-8-10-21(3)17-22)27(32)12-9-16-31(38(4,34)35)23-13-14-25-26(18-23)37-20-36-25/h8,10-11,13-14,17-18,24H,5-7,9,12,15-16,19-20H2,1-4H3,(H,29,33)/t24-/m1/s1. The van der Waals surface area contributed by atoms with E-state index >= 15 is 0 Å². The molecule has 0 aromatic heterocycles. The van der Waals surface area contributed by atoms with E-state index in [4.69, 9.17) is 9.47 Å². The van der Waals surface area contributed by atoms with Crippen LogP contribution in [-0.2, 0) is 26.2 Å². The van der Waals surface area contributed by atoms with Crippen LogP contribution in [0.2, 0.25) is 0 Å². The number of fused-ring (bicyclic) bond motifs is 1. The molecule has 3 rings (SSSR count). The molecule has 2 aromatic carbocycles. The Hall–Kier alpha value is -3.27. The van der Waals surface area contributed by atoms with Gasteiger partial charge in [0.05, 0.1) is 11.9 Å². The van der Waals surface area contributed by atoms with Crippen molar-refractivity contribution < 1.29 is 27.5 Å². The van der Waals surface area contributed by atoms with Crippen molar-refractivity contribution in [3.05, 3.63) is 53.6 Å². The summed E-state index contributed by atoms with van der Waals surface area (Å²) in [6.45, 7) is 7.01. The number of amides is 2. The summed E-state index contributed by atoms with van der Waals surface area (Å²) in [6.07, 6.45) is 3.83. The predicted molar refractivity (Wildman–Crippen MR) is 148 cm³/mol. The second-order valence-electron chi connectivity index (χ2n) is 9.56. The number of nitrogens with one attached hydrogen (secondary N) is 1. The monoisotopic (exact) mass is 545 g/mol. The first-order valence-electron chi connectivity index (χ1n) is 13.1. The van der Waals surface area contributed by atoms with E-state index in [1.807, 2.05) is 38.1 Å². The fourth-order valence-corrected chi connectivity index (χ4v) is 5.43. The van der Waals surface area contributed by atoms with E-state index in [9.17, 15) is 18.0 Å². The second kappa shape index (κ2) is 13.5. The van der Waals surface area contributed by atoms with Crippen molar-refractivity contribution in [3.63, 3.8) is 0 Å². The van der Waals surface area contributed by atoms with Gasteiger partial charge in [-0.05, 0) is 43.9 Å². The minimum atomic E-state index is -3.61. The molecule has 1 aliphatic rings. The molecule has 1 atom stereocenters. The number of hydrogen-bond donors (Lipinski definition) is 1. The first-order valence-corrected chi connectivity index (χ1v) is 15.0. The van der Waals surface area contributed by atoms with Crippen molar-refractivity contribution in [3.8, 4) is 11.5 Å². The number of anilines is 1. The first kappa shape index (κ1) is 29.3. The molecule has 10 heteroatoms. The number of carbonyl (C=O) groups is 2. The number of ether oxygens (including phenoxy) is 2. The molecule has 1 N–H and O–H groups in total. The van der Waals surface area contributed by atoms with Crippen LogP contribution >= 0.6 is 0 Å². The lowest BCUT2D eigenvalue weighted by Gasteiger charge is -2.31. The molecule has 0 radical (unpaired) electrons. The zero-order chi connectivity index (χ0) is 27.7. The average molecular weight is 546 g/mol. The molecule has 2 amide bonds. The van der Waals surface area contributed by atoms with Crippen molar-refractivity contribution in [1.82, 2.24) is 10.2 Å². The molecular weight excluding hydrogens is 506 g/mol. The van der Waals surface area contributed by atoms with Gasteiger partial charge in [-0.15, -0.1) is 0 Å². The maximum Gasteiger partial charge on any atom is 0.242 e. The maximum atomic E-state index is 13.5. The van der Waals surface area contributed by atoms with Crippen LogP contribution in [0.5, 0.6) is 11.5 Å². The summed E-state index contributed by atoms with van der Waals surface area (Å²) in [4.78, 5) is 28.2. The molecule has 0 aliphatic carbocycles. The summed E-state index contributed by atoms with van der Waals surface area (Å²) in [7, 11) is -3.61. The lowest BCUT2D eigenvalue weighted by atomic mass is 10.1. The molecule has 0 spiro atoms. The van der Waals surface area contributed by atoms with Crippen LogP contribution in [-0.4, -0.2) is 57.3 Å². The third kappa shape index (κ3) is 7.86. The average Bonchev–Trinajstić information content (AvgIpc) is 3.34. The molecule has 2 aromatic rings. The van der Waals surface area contributed by atoms with Crippen LogP contribution < -0.4 is 19.1 Å². The van der Waals surface area contributed by atoms with Gasteiger partial charge in [0.1, 0.15) is 6.04 Å². The van der Waals surface area contributed by atoms with Crippen LogP contribution in [0.15, 0.2) is 42.5 Å². The van der Waals surface area contributed by atoms with Gasteiger partial charge in [0.15, 0.2) is 11.5 Å². The highest BCUT2D eigenvalue weighted by molar-refractivity contribution is 7.92. The Kier molecular flexibility index (Phi) is 10.4. The fraction of sp³-hybridized carbons (Fsp3) is 0.500. The Morgan fingerprint density at radius 1 is 1.05 bits per heavy atom. The van der Waals surface area contributed by atoms with E-state index < -0.39 is 16.1 Å². The number of nitrogens with zero attached hydrogens (tertiary/aromatic N) is 2. The number of hydrogen-bond acceptors (Lipinski definition) is 6. The molecule has 0 saturated carbocycles. The van der Waals surface area contributed by atoms with Crippen LogP contribution in [0, 0.1) is 6.92 Å². The quantitative estimate of drug-likeness (QED) is 0.360. The summed E-state index contributed by atoms with van der Waals surface area (Å²) >= 11 is 0. The van der Waals surface area contributed by atoms with Gasteiger partial charge in [0, 0.05) is 32.1 Å². The lowest BCUT2D eigenvalue weighted by Crippen LogP contribution is -2.49. The summed E-state index contributed by atoms with van der Waals surface area (Å²) in [5.41, 5.74) is 2.46. The molecule has 0 unspecified atom stereocenters. The Morgan fingerprint density at radius 2 is 1.82 bits per heavy atom. The lowest BCUT2D eigenvalue weighted by molar-refractivity contribution is -0.141. The normalized spacial score (nSPS) is 13.2. The summed E-state index contributed by atoms with van der Waals surface area (Å²) in [5.74, 6) is 0.687. The van der Waals surface area contributed by atoms with Gasteiger partial charge >= 0.3 is 0 Å². The summed E-state index contributed by atoms with van der Waals surface area (Å²) in [5, 5.41) is 2.96. The van der Waals surface area contributed by atoms with Gasteiger partial charge in [0.25, 0.3) is 0 Å². The van der Waals surface area contributed by atoms with E-state index in [2.05, 4.69) is 12.2 Å². The maximum absolute atomic E-state index is 13.5. The van der Waals surface area contributed by atoms with E-state index in [1.54, 1.807) is 23.1 Å². The minimum Gasteiger partial charge on any atom is -0.454 e. The van der Waals surface area contributed by atoms with E-state index in [0.29, 0.717) is 43.1 Å². The van der Waals surface area contributed by atoms with Crippen molar-refractivity contribution >= 4 is 27.5 Å². The molecule has 208 valence electrons. The molecule has 0 fully saturated rings. The van der Waals surface area contributed by atoms with Crippen LogP contribution in [0.4, 0.5) is 5.69 Å². The summed E-state index contributed by atoms with van der Waals surface area (Å²) in [6, 6.07) is 12.2. The first-order chi connectivity index (χ1) is 18.1. The van der Waals surface area contributed by atoms with Gasteiger partial charge in [0.2, 0.25) is 28.6 Å². The summed E-state index contributed by atoms with van der Waals surface area (Å²) < 4.78 is 37.2. The van der Waals surface area contributed by atoms with Gasteiger partial charge < -0.3 is 19.7 Å². The number of sulfonamides is 1. The number of aryl methyl sites for hydroxylation is 1. The van der Waals surface area contributed by atoms with Gasteiger partial charge in [-0.25, -0.2) is 8.42 Å². The Bertz CT molecular complexity index is 1220. The Balaban J connectivity index is 1.75. The van der Waals surface area contributed by atoms with E-state index in [-0.39, 0.29) is 31.6 Å². The molecule has 1 heterocycles. The second-order valence-corrected chi connectivity index (χ2v) is 11.5. The smallest absolute Gasteiger partial charge is 0.242 e. The van der Waals surface area contributed by atoms with E-state index in [0.717, 1.165) is 30.2 Å². The molecule has 1 aliphatic heterocycles. The van der Waals surface area contributed by atoms with Crippen LogP contribution in [0.3, 0.4) is 0 Å². The third-order valence-electron chi connectivity index (χ3n) is 6.45. The van der Waals surface area contributed by atoms with E-state index in [1.165, 1.54) is 4.31 Å². The zero-order valence-corrected chi connectivity index (χ0v) is 23.6. The third-order valence-corrected chi connectivity index (χ3v) is 7.64. The highest BCUT2D eigenvalue weighted by Gasteiger charge is 2.29. The van der Waals surface area contributed by atoms with Crippen molar-refractivity contribution in [2.45, 2.75) is 65.5 Å². The molecule has 0 saturated heterocycles. The molecule has 0 bridgehead atoms. The molecule has 9 nitrogen and oxygen atoms in total. The van der Waals surface area contributed by atoms with Gasteiger partial charge in [-0.1, -0.05) is 50.1 Å². The molecule has 38 heavy (non-hydrogen) atoms. The van der Waals surface area contributed by atoms with Gasteiger partial charge in [-0.2, -0.15) is 0 Å².